The third-order valence-electron chi connectivity index (χ3n) is 5.53. The zero-order chi connectivity index (χ0) is 17.6. The van der Waals surface area contributed by atoms with Gasteiger partial charge in [-0.15, -0.1) is 0 Å². The number of rotatable bonds is 6. The molecule has 0 bridgehead atoms. The van der Waals surface area contributed by atoms with Gasteiger partial charge in [0.05, 0.1) is 12.3 Å². The number of piperazine rings is 1. The highest BCUT2D eigenvalue weighted by molar-refractivity contribution is 5.32. The van der Waals surface area contributed by atoms with Gasteiger partial charge >= 0.3 is 0 Å². The van der Waals surface area contributed by atoms with E-state index in [1.165, 1.54) is 19.3 Å². The van der Waals surface area contributed by atoms with Gasteiger partial charge in [-0.25, -0.2) is 9.97 Å². The Kier molecular flexibility index (Phi) is 6.62. The molecule has 140 valence electrons. The second-order valence-corrected chi connectivity index (χ2v) is 7.41. The van der Waals surface area contributed by atoms with E-state index in [0.717, 1.165) is 69.6 Å². The molecule has 1 atom stereocenters. The number of aliphatic hydroxyl groups is 1. The van der Waals surface area contributed by atoms with E-state index >= 15 is 0 Å². The highest BCUT2D eigenvalue weighted by Crippen LogP contribution is 2.18. The van der Waals surface area contributed by atoms with Crippen molar-refractivity contribution in [2.24, 2.45) is 0 Å². The number of nitrogens with zero attached hydrogens (tertiary/aromatic N) is 5. The Morgan fingerprint density at radius 3 is 2.40 bits per heavy atom. The maximum Gasteiger partial charge on any atom is 0.225 e. The predicted octanol–water partition coefficient (Wildman–Crippen LogP) is 1.66. The minimum absolute atomic E-state index is 0.265. The van der Waals surface area contributed by atoms with Crippen LogP contribution in [0.2, 0.25) is 0 Å². The molecule has 0 spiro atoms. The summed E-state index contributed by atoms with van der Waals surface area (Å²) < 4.78 is 0. The first kappa shape index (κ1) is 18.5. The number of piperidine rings is 1. The van der Waals surface area contributed by atoms with Crippen LogP contribution in [0, 0.1) is 6.92 Å². The van der Waals surface area contributed by atoms with E-state index in [-0.39, 0.29) is 6.61 Å². The number of aromatic nitrogens is 2. The first-order chi connectivity index (χ1) is 12.2. The topological polar surface area (TPSA) is 55.7 Å². The maximum absolute atomic E-state index is 9.49. The summed E-state index contributed by atoms with van der Waals surface area (Å²) >= 11 is 0. The number of hydrogen-bond acceptors (Lipinski definition) is 6. The van der Waals surface area contributed by atoms with E-state index in [4.69, 9.17) is 4.98 Å². The van der Waals surface area contributed by atoms with Crippen LogP contribution in [0.5, 0.6) is 0 Å². The van der Waals surface area contributed by atoms with Gasteiger partial charge in [-0.05, 0) is 38.7 Å². The fourth-order valence-electron chi connectivity index (χ4n) is 3.95. The largest absolute Gasteiger partial charge is 0.395 e. The number of anilines is 1. The van der Waals surface area contributed by atoms with Gasteiger partial charge in [0.15, 0.2) is 0 Å². The van der Waals surface area contributed by atoms with Gasteiger partial charge in [0, 0.05) is 57.5 Å². The van der Waals surface area contributed by atoms with Crippen LogP contribution in [0.1, 0.15) is 44.0 Å². The van der Waals surface area contributed by atoms with Gasteiger partial charge in [-0.3, -0.25) is 9.80 Å². The number of aliphatic hydroxyl groups excluding tert-OH is 1. The normalized spacial score (nSPS) is 21.5. The first-order valence-corrected chi connectivity index (χ1v) is 9.86. The molecule has 2 aliphatic heterocycles. The zero-order valence-corrected chi connectivity index (χ0v) is 15.8. The van der Waals surface area contributed by atoms with E-state index in [1.54, 1.807) is 0 Å². The van der Waals surface area contributed by atoms with Crippen LogP contribution in [0.25, 0.3) is 0 Å². The van der Waals surface area contributed by atoms with Crippen LogP contribution in [-0.4, -0.2) is 76.8 Å². The van der Waals surface area contributed by atoms with Crippen LogP contribution < -0.4 is 4.90 Å². The molecule has 0 radical (unpaired) electrons. The molecule has 3 rings (SSSR count). The Balaban J connectivity index is 1.59. The van der Waals surface area contributed by atoms with E-state index in [0.29, 0.717) is 6.04 Å². The molecule has 0 aromatic carbocycles. The summed E-state index contributed by atoms with van der Waals surface area (Å²) in [6.07, 6.45) is 4.84. The summed E-state index contributed by atoms with van der Waals surface area (Å²) in [6, 6.07) is 2.44. The van der Waals surface area contributed by atoms with Gasteiger partial charge < -0.3 is 10.0 Å². The van der Waals surface area contributed by atoms with Crippen molar-refractivity contribution in [3.63, 3.8) is 0 Å². The van der Waals surface area contributed by atoms with Gasteiger partial charge in [-0.1, -0.05) is 6.92 Å². The Labute approximate surface area is 151 Å². The molecule has 1 aromatic rings. The first-order valence-electron chi connectivity index (χ1n) is 9.86. The Bertz CT molecular complexity index is 535. The molecule has 1 unspecified atom stereocenters. The molecule has 0 aliphatic carbocycles. The lowest BCUT2D eigenvalue weighted by molar-refractivity contribution is 0.0603. The molecule has 1 N–H and O–H groups in total. The molecular formula is C19H33N5O. The van der Waals surface area contributed by atoms with Crippen molar-refractivity contribution in [2.45, 2.75) is 52.1 Å². The Hall–Kier alpha value is -1.24. The molecule has 6 heteroatoms. The minimum atomic E-state index is 0.265. The minimum Gasteiger partial charge on any atom is -0.395 e. The van der Waals surface area contributed by atoms with Crippen molar-refractivity contribution >= 4 is 5.95 Å². The van der Waals surface area contributed by atoms with Crippen molar-refractivity contribution in [3.05, 3.63) is 17.5 Å². The van der Waals surface area contributed by atoms with Crippen LogP contribution in [0.15, 0.2) is 6.07 Å². The molecule has 25 heavy (non-hydrogen) atoms. The number of aryl methyl sites for hydroxylation is 1. The quantitative estimate of drug-likeness (QED) is 0.845. The second-order valence-electron chi connectivity index (χ2n) is 7.41. The van der Waals surface area contributed by atoms with Gasteiger partial charge in [0.1, 0.15) is 0 Å². The van der Waals surface area contributed by atoms with Crippen molar-refractivity contribution in [1.29, 1.82) is 0 Å². The van der Waals surface area contributed by atoms with Crippen molar-refractivity contribution < 1.29 is 5.11 Å². The summed E-state index contributed by atoms with van der Waals surface area (Å²) in [5.41, 5.74) is 2.20. The average molecular weight is 348 g/mol. The van der Waals surface area contributed by atoms with Gasteiger partial charge in [0.2, 0.25) is 5.95 Å². The van der Waals surface area contributed by atoms with Crippen molar-refractivity contribution in [3.8, 4) is 0 Å². The molecule has 2 fully saturated rings. The zero-order valence-electron chi connectivity index (χ0n) is 15.8. The summed E-state index contributed by atoms with van der Waals surface area (Å²) in [5.74, 6) is 0.916. The smallest absolute Gasteiger partial charge is 0.225 e. The Morgan fingerprint density at radius 2 is 1.76 bits per heavy atom. The van der Waals surface area contributed by atoms with Crippen molar-refractivity contribution in [1.82, 2.24) is 19.8 Å². The fraction of sp³-hybridized carbons (Fsp3) is 0.789. The highest BCUT2D eigenvalue weighted by Gasteiger charge is 2.23. The van der Waals surface area contributed by atoms with Crippen LogP contribution in [0.4, 0.5) is 5.95 Å². The highest BCUT2D eigenvalue weighted by atomic mass is 16.3. The lowest BCUT2D eigenvalue weighted by Gasteiger charge is -2.38. The standard InChI is InChI=1S/C19H33N5O/c1-3-18(15-25)23-11-9-22(10-12-23)14-17-13-16(2)20-19(21-17)24-7-5-4-6-8-24/h13,18,25H,3-12,14-15H2,1-2H3. The predicted molar refractivity (Wildman–Crippen MR) is 101 cm³/mol. The van der Waals surface area contributed by atoms with E-state index in [1.807, 2.05) is 0 Å². The summed E-state index contributed by atoms with van der Waals surface area (Å²) in [5, 5.41) is 9.49. The molecular weight excluding hydrogens is 314 g/mol. The SMILES string of the molecule is CCC(CO)N1CCN(Cc2cc(C)nc(N3CCCCC3)n2)CC1. The average Bonchev–Trinajstić information content (AvgIpc) is 2.64. The maximum atomic E-state index is 9.49. The number of hydrogen-bond donors (Lipinski definition) is 1. The monoisotopic (exact) mass is 347 g/mol. The molecule has 0 saturated carbocycles. The molecule has 6 nitrogen and oxygen atoms in total. The van der Waals surface area contributed by atoms with Crippen molar-refractivity contribution in [2.75, 3.05) is 50.8 Å². The van der Waals surface area contributed by atoms with Crippen LogP contribution in [0.3, 0.4) is 0 Å². The second kappa shape index (κ2) is 8.92. The Morgan fingerprint density at radius 1 is 1.04 bits per heavy atom. The third-order valence-corrected chi connectivity index (χ3v) is 5.53. The summed E-state index contributed by atoms with van der Waals surface area (Å²) in [4.78, 5) is 16.8. The van der Waals surface area contributed by atoms with Gasteiger partial charge in [-0.2, -0.15) is 0 Å². The van der Waals surface area contributed by atoms with E-state index in [2.05, 4.69) is 39.6 Å². The summed E-state index contributed by atoms with van der Waals surface area (Å²) in [6.45, 7) is 11.7. The van der Waals surface area contributed by atoms with Crippen LogP contribution in [-0.2, 0) is 6.54 Å². The van der Waals surface area contributed by atoms with Gasteiger partial charge in [0.25, 0.3) is 0 Å². The lowest BCUT2D eigenvalue weighted by Crippen LogP contribution is -2.50. The lowest BCUT2D eigenvalue weighted by atomic mass is 10.1. The molecule has 2 aliphatic rings. The van der Waals surface area contributed by atoms with E-state index < -0.39 is 0 Å². The summed E-state index contributed by atoms with van der Waals surface area (Å²) in [7, 11) is 0. The molecule has 2 saturated heterocycles. The van der Waals surface area contributed by atoms with Crippen LogP contribution >= 0.6 is 0 Å². The molecule has 3 heterocycles. The fourth-order valence-corrected chi connectivity index (χ4v) is 3.95. The molecule has 1 aromatic heterocycles. The van der Waals surface area contributed by atoms with E-state index in [9.17, 15) is 5.11 Å². The molecule has 0 amide bonds. The third kappa shape index (κ3) is 4.90.